The Labute approximate surface area is 224 Å². The molecule has 0 unspecified atom stereocenters. The van der Waals surface area contributed by atoms with Gasteiger partial charge in [-0.1, -0.05) is 25.1 Å². The van der Waals surface area contributed by atoms with Gasteiger partial charge in [0.2, 0.25) is 0 Å². The molecule has 11 heteroatoms. The summed E-state index contributed by atoms with van der Waals surface area (Å²) in [6.45, 7) is 8.21. The molecule has 0 saturated heterocycles. The number of rotatable bonds is 9. The van der Waals surface area contributed by atoms with Crippen LogP contribution in [0, 0.1) is 19.8 Å². The third-order valence-electron chi connectivity index (χ3n) is 6.41. The molecule has 0 saturated carbocycles. The highest BCUT2D eigenvalue weighted by molar-refractivity contribution is 6.04. The molecule has 206 valence electrons. The number of ether oxygens (including phenoxy) is 1. The Balaban J connectivity index is 1.56. The van der Waals surface area contributed by atoms with Gasteiger partial charge in [-0.15, -0.1) is 5.10 Å². The molecule has 0 aliphatic rings. The van der Waals surface area contributed by atoms with Gasteiger partial charge in [0.1, 0.15) is 11.4 Å². The van der Waals surface area contributed by atoms with E-state index in [0.717, 1.165) is 35.4 Å². The van der Waals surface area contributed by atoms with Crippen LogP contribution in [-0.4, -0.2) is 37.3 Å². The average Bonchev–Trinajstić information content (AvgIpc) is 3.48. The maximum absolute atomic E-state index is 13.5. The first kappa shape index (κ1) is 27.9. The maximum atomic E-state index is 13.5. The van der Waals surface area contributed by atoms with Gasteiger partial charge in [0.25, 0.3) is 5.91 Å². The van der Waals surface area contributed by atoms with E-state index < -0.39 is 17.6 Å². The van der Waals surface area contributed by atoms with Crippen molar-refractivity contribution >= 4 is 11.6 Å². The van der Waals surface area contributed by atoms with Crippen molar-refractivity contribution in [1.29, 1.82) is 0 Å². The second-order valence-corrected chi connectivity index (χ2v) is 9.90. The summed E-state index contributed by atoms with van der Waals surface area (Å²) in [5.74, 6) is -0.0491. The quantitative estimate of drug-likeness (QED) is 0.249. The van der Waals surface area contributed by atoms with Crippen LogP contribution >= 0.6 is 0 Å². The van der Waals surface area contributed by atoms with Crippen LogP contribution in [0.25, 0.3) is 16.9 Å². The van der Waals surface area contributed by atoms with Gasteiger partial charge in [-0.3, -0.25) is 9.48 Å². The number of aryl methyl sites for hydroxylation is 2. The van der Waals surface area contributed by atoms with Crippen LogP contribution in [0.5, 0.6) is 5.75 Å². The van der Waals surface area contributed by atoms with Gasteiger partial charge in [0, 0.05) is 35.6 Å². The molecule has 4 aromatic rings. The van der Waals surface area contributed by atoms with Gasteiger partial charge >= 0.3 is 6.18 Å². The lowest BCUT2D eigenvalue weighted by molar-refractivity contribution is -0.137. The van der Waals surface area contributed by atoms with Crippen molar-refractivity contribution in [1.82, 2.24) is 24.8 Å². The lowest BCUT2D eigenvalue weighted by atomic mass is 10.1. The monoisotopic (exact) mass is 540 g/mol. The molecule has 0 spiro atoms. The van der Waals surface area contributed by atoms with Crippen LogP contribution in [0.4, 0.5) is 18.9 Å². The molecule has 0 bridgehead atoms. The van der Waals surface area contributed by atoms with E-state index in [2.05, 4.69) is 34.6 Å². The molecule has 0 fully saturated rings. The van der Waals surface area contributed by atoms with Crippen LogP contribution < -0.4 is 10.1 Å². The zero-order valence-corrected chi connectivity index (χ0v) is 22.5. The van der Waals surface area contributed by atoms with E-state index in [1.165, 1.54) is 6.07 Å². The fraction of sp³-hybridized carbons (Fsp3) is 0.357. The predicted octanol–water partition coefficient (Wildman–Crippen LogP) is 6.37. The number of carbonyl (C=O) groups is 1. The Morgan fingerprint density at radius 3 is 2.56 bits per heavy atom. The minimum absolute atomic E-state index is 0.00842. The summed E-state index contributed by atoms with van der Waals surface area (Å²) in [5.41, 5.74) is 3.18. The summed E-state index contributed by atoms with van der Waals surface area (Å²) >= 11 is 0. The van der Waals surface area contributed by atoms with E-state index in [1.807, 2.05) is 20.9 Å². The van der Waals surface area contributed by atoms with E-state index in [9.17, 15) is 18.0 Å². The van der Waals surface area contributed by atoms with Crippen molar-refractivity contribution in [2.75, 3.05) is 11.9 Å². The summed E-state index contributed by atoms with van der Waals surface area (Å²) in [5, 5.41) is 15.3. The van der Waals surface area contributed by atoms with Crippen molar-refractivity contribution in [2.45, 2.75) is 46.7 Å². The van der Waals surface area contributed by atoms with Gasteiger partial charge in [-0.05, 0) is 62.4 Å². The average molecular weight is 541 g/mol. The van der Waals surface area contributed by atoms with Gasteiger partial charge < -0.3 is 10.1 Å². The molecule has 8 nitrogen and oxygen atoms in total. The number of carbonyl (C=O) groups excluding carboxylic acids is 1. The second-order valence-electron chi connectivity index (χ2n) is 9.90. The lowest BCUT2D eigenvalue weighted by Crippen LogP contribution is -2.14. The highest BCUT2D eigenvalue weighted by Gasteiger charge is 2.31. The molecule has 1 amide bonds. The number of aromatic nitrogens is 5. The number of alkyl halides is 3. The fourth-order valence-corrected chi connectivity index (χ4v) is 4.06. The Kier molecular flexibility index (Phi) is 8.08. The standard InChI is InChI=1S/C28H31F3N6O2/c1-17(2)7-6-10-39-23-13-21(28(29,30)31)12-22(14-23)33-27(38)20-9-8-18(3)26(11-20)37-16-25(34-35-37)24-15-32-36(5)19(24)4/h8-9,11-17H,6-7,10H2,1-5H3,(H,33,38). The highest BCUT2D eigenvalue weighted by atomic mass is 19.4. The zero-order valence-electron chi connectivity index (χ0n) is 22.5. The first-order chi connectivity index (χ1) is 18.4. The van der Waals surface area contributed by atoms with Crippen LogP contribution in [0.15, 0.2) is 48.8 Å². The SMILES string of the molecule is Cc1ccc(C(=O)Nc2cc(OCCCC(C)C)cc(C(F)(F)F)c2)cc1-n1cc(-c2cnn(C)c2C)nn1. The number of anilines is 1. The smallest absolute Gasteiger partial charge is 0.416 e. The molecule has 2 aromatic carbocycles. The number of benzene rings is 2. The minimum atomic E-state index is -4.59. The third-order valence-corrected chi connectivity index (χ3v) is 6.41. The van der Waals surface area contributed by atoms with Gasteiger partial charge in [-0.25, -0.2) is 4.68 Å². The number of amides is 1. The molecule has 2 heterocycles. The number of hydrogen-bond acceptors (Lipinski definition) is 5. The molecule has 0 aliphatic heterocycles. The third kappa shape index (κ3) is 6.65. The van der Waals surface area contributed by atoms with E-state index in [-0.39, 0.29) is 23.6 Å². The van der Waals surface area contributed by atoms with Crippen LogP contribution in [0.2, 0.25) is 0 Å². The Morgan fingerprint density at radius 2 is 1.90 bits per heavy atom. The highest BCUT2D eigenvalue weighted by Crippen LogP contribution is 2.34. The van der Waals surface area contributed by atoms with Crippen molar-refractivity contribution < 1.29 is 22.7 Å². The summed E-state index contributed by atoms with van der Waals surface area (Å²) in [6.07, 6.45) is 0.465. The largest absolute Gasteiger partial charge is 0.494 e. The second kappa shape index (κ2) is 11.3. The van der Waals surface area contributed by atoms with Gasteiger partial charge in [-0.2, -0.15) is 18.3 Å². The molecule has 1 N–H and O–H groups in total. The van der Waals surface area contributed by atoms with E-state index in [4.69, 9.17) is 4.74 Å². The van der Waals surface area contributed by atoms with Crippen molar-refractivity contribution in [2.24, 2.45) is 13.0 Å². The first-order valence-corrected chi connectivity index (χ1v) is 12.6. The summed E-state index contributed by atoms with van der Waals surface area (Å²) < 4.78 is 49.5. The number of halogens is 3. The Morgan fingerprint density at radius 1 is 1.13 bits per heavy atom. The Bertz CT molecular complexity index is 1470. The molecule has 4 rings (SSSR count). The summed E-state index contributed by atoms with van der Waals surface area (Å²) in [7, 11) is 1.84. The fourth-order valence-electron chi connectivity index (χ4n) is 4.06. The normalized spacial score (nSPS) is 11.7. The zero-order chi connectivity index (χ0) is 28.3. The molecule has 0 radical (unpaired) electrons. The lowest BCUT2D eigenvalue weighted by Gasteiger charge is -2.15. The van der Waals surface area contributed by atoms with Gasteiger partial charge in [0.05, 0.1) is 30.3 Å². The van der Waals surface area contributed by atoms with Gasteiger partial charge in [0.15, 0.2) is 0 Å². The molecule has 0 aliphatic carbocycles. The number of nitrogens with one attached hydrogen (secondary N) is 1. The minimum Gasteiger partial charge on any atom is -0.494 e. The van der Waals surface area contributed by atoms with Crippen molar-refractivity contribution in [3.63, 3.8) is 0 Å². The van der Waals surface area contributed by atoms with E-state index in [1.54, 1.807) is 40.0 Å². The maximum Gasteiger partial charge on any atom is 0.416 e. The van der Waals surface area contributed by atoms with Crippen LogP contribution in [0.3, 0.4) is 0 Å². The van der Waals surface area contributed by atoms with Crippen LogP contribution in [-0.2, 0) is 13.2 Å². The summed E-state index contributed by atoms with van der Waals surface area (Å²) in [6, 6.07) is 8.22. The number of nitrogens with zero attached hydrogens (tertiary/aromatic N) is 5. The van der Waals surface area contributed by atoms with Crippen LogP contribution in [0.1, 0.15) is 53.9 Å². The summed E-state index contributed by atoms with van der Waals surface area (Å²) in [4.78, 5) is 13.1. The Hall–Kier alpha value is -4.15. The molecule has 0 atom stereocenters. The van der Waals surface area contributed by atoms with E-state index in [0.29, 0.717) is 23.7 Å². The molecular weight excluding hydrogens is 509 g/mol. The molecular formula is C28H31F3N6O2. The first-order valence-electron chi connectivity index (χ1n) is 12.6. The topological polar surface area (TPSA) is 86.9 Å². The predicted molar refractivity (Wildman–Crippen MR) is 142 cm³/mol. The van der Waals surface area contributed by atoms with E-state index >= 15 is 0 Å². The molecule has 2 aromatic heterocycles. The van der Waals surface area contributed by atoms with Crippen molar-refractivity contribution in [3.05, 3.63) is 71.2 Å². The number of hydrogen-bond donors (Lipinski definition) is 1. The molecule has 39 heavy (non-hydrogen) atoms. The van der Waals surface area contributed by atoms with Crippen molar-refractivity contribution in [3.8, 4) is 22.7 Å².